The van der Waals surface area contributed by atoms with Crippen molar-refractivity contribution in [2.75, 3.05) is 51.9 Å². The van der Waals surface area contributed by atoms with Gasteiger partial charge in [0.15, 0.2) is 5.88 Å². The van der Waals surface area contributed by atoms with E-state index in [1.807, 2.05) is 54.6 Å². The molecule has 9 heteroatoms. The number of benzene rings is 3. The summed E-state index contributed by atoms with van der Waals surface area (Å²) in [6.45, 7) is 3.13. The number of nitrogens with zero attached hydrogens (tertiary/aromatic N) is 3. The van der Waals surface area contributed by atoms with Gasteiger partial charge in [0.1, 0.15) is 0 Å². The molecule has 1 fully saturated rings. The second-order valence-electron chi connectivity index (χ2n) is 9.28. The van der Waals surface area contributed by atoms with Gasteiger partial charge >= 0.3 is 5.97 Å². The highest BCUT2D eigenvalue weighted by Crippen LogP contribution is 2.32. The normalized spacial score (nSPS) is 14.4. The highest BCUT2D eigenvalue weighted by Gasteiger charge is 2.21. The number of aromatic hydroxyl groups is 1. The molecule has 3 aromatic carbocycles. The molecule has 0 bridgehead atoms. The fourth-order valence-corrected chi connectivity index (χ4v) is 4.61. The molecule has 4 aromatic rings. The molecular formula is C30H30N4O5. The minimum atomic E-state index is -0.460. The van der Waals surface area contributed by atoms with E-state index in [9.17, 15) is 14.7 Å². The van der Waals surface area contributed by atoms with Crippen LogP contribution in [0.2, 0.25) is 0 Å². The van der Waals surface area contributed by atoms with E-state index in [1.54, 1.807) is 30.1 Å². The molecule has 0 radical (unpaired) electrons. The Morgan fingerprint density at radius 3 is 2.44 bits per heavy atom. The van der Waals surface area contributed by atoms with Crippen LogP contribution < -0.4 is 4.90 Å². The van der Waals surface area contributed by atoms with Crippen LogP contribution in [0.4, 0.5) is 11.4 Å². The number of carbonyl (C=O) groups is 2. The molecule has 0 atom stereocenters. The standard InChI is InChI=1S/C30H30N4O5/c1-33(26(35)19-34-14-16-39-17-15-34)23-11-9-22(10-12-23)31-28(20-6-4-3-5-7-20)27-24-13-8-21(30(37)38-2)18-25(24)32-29(27)36/h3-13,18,32,36H,14-17,19H2,1-2H3. The van der Waals surface area contributed by atoms with Crippen LogP contribution in [0.15, 0.2) is 77.8 Å². The van der Waals surface area contributed by atoms with Gasteiger partial charge in [-0.2, -0.15) is 0 Å². The van der Waals surface area contributed by atoms with Gasteiger partial charge in [-0.3, -0.25) is 9.69 Å². The largest absolute Gasteiger partial charge is 0.494 e. The smallest absolute Gasteiger partial charge is 0.337 e. The van der Waals surface area contributed by atoms with Gasteiger partial charge in [0.2, 0.25) is 5.91 Å². The molecule has 0 spiro atoms. The van der Waals surface area contributed by atoms with Crippen LogP contribution in [0.3, 0.4) is 0 Å². The molecule has 2 N–H and O–H groups in total. The molecule has 2 heterocycles. The first kappa shape index (κ1) is 26.1. The van der Waals surface area contributed by atoms with Gasteiger partial charge in [-0.1, -0.05) is 36.4 Å². The molecule has 0 saturated carbocycles. The number of aromatic nitrogens is 1. The van der Waals surface area contributed by atoms with Gasteiger partial charge in [0.05, 0.1) is 49.4 Å². The van der Waals surface area contributed by atoms with Crippen LogP contribution in [0, 0.1) is 0 Å². The van der Waals surface area contributed by atoms with Crippen molar-refractivity contribution in [2.24, 2.45) is 4.99 Å². The highest BCUT2D eigenvalue weighted by molar-refractivity contribution is 6.22. The molecule has 0 unspecified atom stereocenters. The quantitative estimate of drug-likeness (QED) is 0.277. The van der Waals surface area contributed by atoms with Gasteiger partial charge in [-0.25, -0.2) is 9.79 Å². The molecule has 9 nitrogen and oxygen atoms in total. The zero-order valence-corrected chi connectivity index (χ0v) is 21.9. The van der Waals surface area contributed by atoms with Gasteiger partial charge in [-0.15, -0.1) is 0 Å². The maximum Gasteiger partial charge on any atom is 0.337 e. The molecule has 1 aliphatic rings. The van der Waals surface area contributed by atoms with Crippen LogP contribution in [0.25, 0.3) is 10.9 Å². The van der Waals surface area contributed by atoms with E-state index in [4.69, 9.17) is 14.5 Å². The monoisotopic (exact) mass is 526 g/mol. The first-order valence-corrected chi connectivity index (χ1v) is 12.7. The lowest BCUT2D eigenvalue weighted by atomic mass is 10.00. The van der Waals surface area contributed by atoms with E-state index >= 15 is 0 Å². The number of aliphatic imine (C=N–C) groups is 1. The van der Waals surface area contributed by atoms with Crippen molar-refractivity contribution in [3.63, 3.8) is 0 Å². The molecule has 0 aliphatic carbocycles. The number of ether oxygens (including phenoxy) is 2. The molecule has 200 valence electrons. The summed E-state index contributed by atoms with van der Waals surface area (Å²) >= 11 is 0. The number of fused-ring (bicyclic) bond motifs is 1. The average molecular weight is 527 g/mol. The third-order valence-electron chi connectivity index (χ3n) is 6.80. The number of anilines is 1. The number of aromatic amines is 1. The Bertz CT molecular complexity index is 1510. The number of esters is 1. The molecule has 1 saturated heterocycles. The van der Waals surface area contributed by atoms with E-state index in [1.165, 1.54) is 7.11 Å². The van der Waals surface area contributed by atoms with Gasteiger partial charge < -0.3 is 24.5 Å². The fraction of sp³-hybridized carbons (Fsp3) is 0.233. The average Bonchev–Trinajstić information content (AvgIpc) is 3.31. The van der Waals surface area contributed by atoms with Gasteiger partial charge in [0, 0.05) is 42.3 Å². The van der Waals surface area contributed by atoms with E-state index < -0.39 is 5.97 Å². The first-order chi connectivity index (χ1) is 18.9. The lowest BCUT2D eigenvalue weighted by Gasteiger charge is -2.28. The zero-order valence-electron chi connectivity index (χ0n) is 21.9. The number of morpholine rings is 1. The Morgan fingerprint density at radius 2 is 1.74 bits per heavy atom. The molecular weight excluding hydrogens is 496 g/mol. The summed E-state index contributed by atoms with van der Waals surface area (Å²) in [7, 11) is 3.09. The number of carbonyl (C=O) groups excluding carboxylic acids is 2. The van der Waals surface area contributed by atoms with Crippen molar-refractivity contribution in [1.29, 1.82) is 0 Å². The van der Waals surface area contributed by atoms with E-state index in [0.29, 0.717) is 53.2 Å². The number of amides is 1. The third kappa shape index (κ3) is 5.69. The van der Waals surface area contributed by atoms with E-state index in [-0.39, 0.29) is 11.8 Å². The predicted octanol–water partition coefficient (Wildman–Crippen LogP) is 4.12. The molecule has 1 amide bonds. The number of hydrogen-bond donors (Lipinski definition) is 2. The Hall–Kier alpha value is -4.47. The minimum absolute atomic E-state index is 0.00756. The second kappa shape index (κ2) is 11.5. The van der Waals surface area contributed by atoms with Crippen LogP contribution in [-0.4, -0.2) is 79.6 Å². The second-order valence-corrected chi connectivity index (χ2v) is 9.28. The Balaban J connectivity index is 1.47. The highest BCUT2D eigenvalue weighted by atomic mass is 16.5. The van der Waals surface area contributed by atoms with Gasteiger partial charge in [0.25, 0.3) is 0 Å². The summed E-state index contributed by atoms with van der Waals surface area (Å²) < 4.78 is 10.2. The number of hydrogen-bond acceptors (Lipinski definition) is 7. The summed E-state index contributed by atoms with van der Waals surface area (Å²) in [6, 6.07) is 22.1. The Kier molecular flexibility index (Phi) is 7.72. The molecule has 5 rings (SSSR count). The number of rotatable bonds is 7. The van der Waals surface area contributed by atoms with E-state index in [2.05, 4.69) is 9.88 Å². The lowest BCUT2D eigenvalue weighted by molar-refractivity contribution is -0.120. The summed E-state index contributed by atoms with van der Waals surface area (Å²) in [4.78, 5) is 36.4. The minimum Gasteiger partial charge on any atom is -0.494 e. The predicted molar refractivity (Wildman–Crippen MR) is 150 cm³/mol. The summed E-state index contributed by atoms with van der Waals surface area (Å²) in [6.07, 6.45) is 0. The maximum atomic E-state index is 12.8. The maximum absolute atomic E-state index is 12.8. The van der Waals surface area contributed by atoms with Crippen molar-refractivity contribution in [1.82, 2.24) is 9.88 Å². The topological polar surface area (TPSA) is 107 Å². The van der Waals surface area contributed by atoms with Gasteiger partial charge in [-0.05, 0) is 36.4 Å². The van der Waals surface area contributed by atoms with E-state index in [0.717, 1.165) is 24.3 Å². The van der Waals surface area contributed by atoms with Crippen LogP contribution in [0.1, 0.15) is 21.5 Å². The summed E-state index contributed by atoms with van der Waals surface area (Å²) in [5.74, 6) is -0.508. The van der Waals surface area contributed by atoms with Crippen molar-refractivity contribution in [2.45, 2.75) is 0 Å². The Labute approximate surface area is 226 Å². The zero-order chi connectivity index (χ0) is 27.4. The van der Waals surface area contributed by atoms with Crippen molar-refractivity contribution in [3.05, 3.63) is 89.5 Å². The third-order valence-corrected chi connectivity index (χ3v) is 6.80. The van der Waals surface area contributed by atoms with Crippen LogP contribution in [0.5, 0.6) is 5.88 Å². The van der Waals surface area contributed by atoms with Crippen LogP contribution in [-0.2, 0) is 14.3 Å². The first-order valence-electron chi connectivity index (χ1n) is 12.7. The number of methoxy groups -OCH3 is 1. The molecule has 1 aromatic heterocycles. The number of likely N-dealkylation sites (N-methyl/N-ethyl adjacent to an activating group) is 1. The summed E-state index contributed by atoms with van der Waals surface area (Å²) in [5, 5.41) is 11.7. The fourth-order valence-electron chi connectivity index (χ4n) is 4.61. The van der Waals surface area contributed by atoms with Crippen molar-refractivity contribution in [3.8, 4) is 5.88 Å². The summed E-state index contributed by atoms with van der Waals surface area (Å²) in [5.41, 5.74) is 4.28. The molecule has 39 heavy (non-hydrogen) atoms. The lowest BCUT2D eigenvalue weighted by Crippen LogP contribution is -2.43. The van der Waals surface area contributed by atoms with Crippen LogP contribution >= 0.6 is 0 Å². The van der Waals surface area contributed by atoms with Crippen molar-refractivity contribution >= 4 is 39.9 Å². The number of nitrogens with one attached hydrogen (secondary N) is 1. The molecule has 1 aliphatic heterocycles. The SMILES string of the molecule is COC(=O)c1ccc2c(C(=Nc3ccc(N(C)C(=O)CN4CCOCC4)cc3)c3ccccc3)c(O)[nH]c2c1. The van der Waals surface area contributed by atoms with Crippen molar-refractivity contribution < 1.29 is 24.2 Å². The Morgan fingerprint density at radius 1 is 1.03 bits per heavy atom. The number of H-pyrrole nitrogens is 1.